The lowest BCUT2D eigenvalue weighted by Gasteiger charge is -2.24. The monoisotopic (exact) mass is 375 g/mol. The van der Waals surface area contributed by atoms with E-state index in [1.54, 1.807) is 4.90 Å². The average Bonchev–Trinajstić information content (AvgIpc) is 3.04. The van der Waals surface area contributed by atoms with Gasteiger partial charge in [0.25, 0.3) is 5.91 Å². The number of likely N-dealkylation sites (tertiary alicyclic amines) is 1. The predicted octanol–water partition coefficient (Wildman–Crippen LogP) is 2.91. The maximum absolute atomic E-state index is 12.6. The molecule has 0 radical (unpaired) electrons. The van der Waals surface area contributed by atoms with Crippen molar-refractivity contribution in [3.63, 3.8) is 0 Å². The van der Waals surface area contributed by atoms with Crippen LogP contribution >= 0.6 is 15.9 Å². The molecule has 0 aliphatic carbocycles. The van der Waals surface area contributed by atoms with Crippen molar-refractivity contribution in [1.29, 1.82) is 0 Å². The molecular weight excluding hydrogens is 362 g/mol. The van der Waals surface area contributed by atoms with E-state index in [-0.39, 0.29) is 23.3 Å². The van der Waals surface area contributed by atoms with Crippen molar-refractivity contribution < 1.29 is 14.7 Å². The summed E-state index contributed by atoms with van der Waals surface area (Å²) in [5, 5.41) is 8.84. The van der Waals surface area contributed by atoms with Crippen LogP contribution < -0.4 is 0 Å². The third-order valence-electron chi connectivity index (χ3n) is 3.86. The number of hydrogen-bond acceptors (Lipinski definition) is 4. The summed E-state index contributed by atoms with van der Waals surface area (Å²) in [5.74, 6) is -1.38. The van der Waals surface area contributed by atoms with Crippen LogP contribution in [0.3, 0.4) is 0 Å². The summed E-state index contributed by atoms with van der Waals surface area (Å²) in [4.78, 5) is 32.9. The molecule has 1 amide bonds. The summed E-state index contributed by atoms with van der Waals surface area (Å²) < 4.78 is 0.993. The lowest BCUT2D eigenvalue weighted by Crippen LogP contribution is -2.31. The Morgan fingerprint density at radius 1 is 1.13 bits per heavy atom. The summed E-state index contributed by atoms with van der Waals surface area (Å²) in [7, 11) is 0. The zero-order chi connectivity index (χ0) is 16.4. The van der Waals surface area contributed by atoms with Crippen LogP contribution in [0.5, 0.6) is 0 Å². The standard InChI is InChI=1S/C16H14BrN3O3/c17-11-5-3-10(4-6-11)14-2-1-7-20(14)15(21)12-8-19-13(9-18-12)16(22)23/h3-6,8-9,14H,1-2,7H2,(H,22,23). The minimum Gasteiger partial charge on any atom is -0.476 e. The second-order valence-corrected chi connectivity index (χ2v) is 6.22. The van der Waals surface area contributed by atoms with Crippen molar-refractivity contribution in [2.24, 2.45) is 0 Å². The van der Waals surface area contributed by atoms with Gasteiger partial charge in [0.15, 0.2) is 5.69 Å². The molecule has 1 aliphatic rings. The summed E-state index contributed by atoms with van der Waals surface area (Å²) in [6, 6.07) is 7.92. The number of carboxylic acids is 1. The molecule has 0 bridgehead atoms. The molecule has 1 aromatic carbocycles. The van der Waals surface area contributed by atoms with Gasteiger partial charge in [-0.2, -0.15) is 0 Å². The molecule has 6 nitrogen and oxygen atoms in total. The second-order valence-electron chi connectivity index (χ2n) is 5.30. The fraction of sp³-hybridized carbons (Fsp3) is 0.250. The average molecular weight is 376 g/mol. The summed E-state index contributed by atoms with van der Waals surface area (Å²) in [5.41, 5.74) is 1.07. The zero-order valence-electron chi connectivity index (χ0n) is 12.1. The van der Waals surface area contributed by atoms with Gasteiger partial charge >= 0.3 is 5.97 Å². The Morgan fingerprint density at radius 2 is 1.78 bits per heavy atom. The Bertz CT molecular complexity index is 731. The molecule has 2 aromatic rings. The molecule has 0 saturated carbocycles. The Kier molecular flexibility index (Phi) is 4.38. The fourth-order valence-corrected chi connectivity index (χ4v) is 3.00. The number of nitrogens with zero attached hydrogens (tertiary/aromatic N) is 3. The van der Waals surface area contributed by atoms with E-state index in [1.165, 1.54) is 6.20 Å². The van der Waals surface area contributed by atoms with Gasteiger partial charge in [-0.15, -0.1) is 0 Å². The zero-order valence-corrected chi connectivity index (χ0v) is 13.7. The molecule has 1 aromatic heterocycles. The molecule has 7 heteroatoms. The minimum absolute atomic E-state index is 0.0107. The van der Waals surface area contributed by atoms with Gasteiger partial charge in [-0.1, -0.05) is 28.1 Å². The first-order valence-corrected chi connectivity index (χ1v) is 7.97. The molecule has 118 valence electrons. The van der Waals surface area contributed by atoms with Gasteiger partial charge in [0.05, 0.1) is 18.4 Å². The van der Waals surface area contributed by atoms with Crippen molar-refractivity contribution in [2.45, 2.75) is 18.9 Å². The number of rotatable bonds is 3. The Hall–Kier alpha value is -2.28. The Labute approximate surface area is 141 Å². The van der Waals surface area contributed by atoms with E-state index in [4.69, 9.17) is 5.11 Å². The van der Waals surface area contributed by atoms with Crippen molar-refractivity contribution in [3.05, 3.63) is 58.1 Å². The van der Waals surface area contributed by atoms with Crippen molar-refractivity contribution in [1.82, 2.24) is 14.9 Å². The molecule has 1 saturated heterocycles. The van der Waals surface area contributed by atoms with Crippen molar-refractivity contribution >= 4 is 27.8 Å². The number of aromatic nitrogens is 2. The van der Waals surface area contributed by atoms with Crippen LogP contribution in [0.4, 0.5) is 0 Å². The smallest absolute Gasteiger partial charge is 0.356 e. The van der Waals surface area contributed by atoms with Crippen molar-refractivity contribution in [2.75, 3.05) is 6.54 Å². The summed E-state index contributed by atoms with van der Waals surface area (Å²) >= 11 is 3.41. The minimum atomic E-state index is -1.16. The lowest BCUT2D eigenvalue weighted by atomic mass is 10.0. The van der Waals surface area contributed by atoms with Gasteiger partial charge in [0.1, 0.15) is 5.69 Å². The van der Waals surface area contributed by atoms with E-state index in [2.05, 4.69) is 25.9 Å². The number of aromatic carboxylic acids is 1. The Morgan fingerprint density at radius 3 is 2.39 bits per heavy atom. The van der Waals surface area contributed by atoms with Crippen LogP contribution in [0.25, 0.3) is 0 Å². The van der Waals surface area contributed by atoms with Gasteiger partial charge < -0.3 is 10.0 Å². The number of hydrogen-bond donors (Lipinski definition) is 1. The van der Waals surface area contributed by atoms with Gasteiger partial charge in [-0.05, 0) is 30.5 Å². The number of carbonyl (C=O) groups is 2. The number of amides is 1. The number of carboxylic acid groups (broad SMARTS) is 1. The first-order valence-electron chi connectivity index (χ1n) is 7.18. The highest BCUT2D eigenvalue weighted by Gasteiger charge is 2.31. The van der Waals surface area contributed by atoms with Crippen molar-refractivity contribution in [3.8, 4) is 0 Å². The predicted molar refractivity (Wildman–Crippen MR) is 86.1 cm³/mol. The highest BCUT2D eigenvalue weighted by atomic mass is 79.9. The summed E-state index contributed by atoms with van der Waals surface area (Å²) in [6.07, 6.45) is 4.16. The van der Waals surface area contributed by atoms with Crippen LogP contribution in [-0.4, -0.2) is 38.4 Å². The van der Waals surface area contributed by atoms with Gasteiger partial charge in [-0.3, -0.25) is 4.79 Å². The topological polar surface area (TPSA) is 83.4 Å². The first-order chi connectivity index (χ1) is 11.1. The fourth-order valence-electron chi connectivity index (χ4n) is 2.74. The normalized spacial score (nSPS) is 17.3. The molecular formula is C16H14BrN3O3. The van der Waals surface area contributed by atoms with E-state index in [1.807, 2.05) is 24.3 Å². The maximum atomic E-state index is 12.6. The van der Waals surface area contributed by atoms with Gasteiger partial charge in [0.2, 0.25) is 0 Å². The number of benzene rings is 1. The highest BCUT2D eigenvalue weighted by molar-refractivity contribution is 9.10. The van der Waals surface area contributed by atoms with Crippen LogP contribution in [0.1, 0.15) is 45.4 Å². The van der Waals surface area contributed by atoms with Crippen LogP contribution in [0, 0.1) is 0 Å². The molecule has 1 fully saturated rings. The second kappa shape index (κ2) is 6.45. The highest BCUT2D eigenvalue weighted by Crippen LogP contribution is 2.33. The largest absolute Gasteiger partial charge is 0.476 e. The third kappa shape index (κ3) is 3.24. The molecule has 2 heterocycles. The molecule has 0 spiro atoms. The van der Waals surface area contributed by atoms with Gasteiger partial charge in [-0.25, -0.2) is 14.8 Å². The maximum Gasteiger partial charge on any atom is 0.356 e. The van der Waals surface area contributed by atoms with Crippen LogP contribution in [0.15, 0.2) is 41.1 Å². The van der Waals surface area contributed by atoms with E-state index in [0.29, 0.717) is 6.54 Å². The Balaban J connectivity index is 1.82. The molecule has 3 rings (SSSR count). The van der Waals surface area contributed by atoms with Crippen LogP contribution in [0.2, 0.25) is 0 Å². The summed E-state index contributed by atoms with van der Waals surface area (Å²) in [6.45, 7) is 0.655. The third-order valence-corrected chi connectivity index (χ3v) is 4.39. The van der Waals surface area contributed by atoms with Gasteiger partial charge in [0, 0.05) is 11.0 Å². The lowest BCUT2D eigenvalue weighted by molar-refractivity contribution is 0.0683. The molecule has 1 aliphatic heterocycles. The van der Waals surface area contributed by atoms with Crippen LogP contribution in [-0.2, 0) is 0 Å². The quantitative estimate of drug-likeness (QED) is 0.891. The van der Waals surface area contributed by atoms with E-state index < -0.39 is 5.97 Å². The van der Waals surface area contributed by atoms with E-state index in [9.17, 15) is 9.59 Å². The number of halogens is 1. The SMILES string of the molecule is O=C(O)c1cnc(C(=O)N2CCCC2c2ccc(Br)cc2)cn1. The molecule has 1 N–H and O–H groups in total. The molecule has 1 unspecified atom stereocenters. The van der Waals surface area contributed by atoms with E-state index >= 15 is 0 Å². The first kappa shape index (κ1) is 15.6. The number of carbonyl (C=O) groups excluding carboxylic acids is 1. The molecule has 23 heavy (non-hydrogen) atoms. The molecule has 1 atom stereocenters. The van der Waals surface area contributed by atoms with E-state index in [0.717, 1.165) is 29.1 Å².